The molecule has 0 aliphatic rings. The molecule has 0 aliphatic carbocycles. The topological polar surface area (TPSA) is 103 Å². The molecular weight excluding hydrogens is 461 g/mol. The van der Waals surface area contributed by atoms with Crippen molar-refractivity contribution in [3.05, 3.63) is 59.7 Å². The average Bonchev–Trinajstić information content (AvgIpc) is 2.66. The Morgan fingerprint density at radius 2 is 1.72 bits per heavy atom. The smallest absolute Gasteiger partial charge is 0.253 e. The van der Waals surface area contributed by atoms with E-state index < -0.39 is 21.8 Å². The summed E-state index contributed by atoms with van der Waals surface area (Å²) in [4.78, 5) is 23.5. The van der Waals surface area contributed by atoms with Crippen molar-refractivity contribution in [3.63, 3.8) is 0 Å². The summed E-state index contributed by atoms with van der Waals surface area (Å²) in [6.45, 7) is 0. The minimum absolute atomic E-state index is 0.0113. The normalized spacial score (nSPS) is 11.9. The Balaban J connectivity index is 2.10. The van der Waals surface area contributed by atoms with Crippen LogP contribution in [-0.2, 0) is 0 Å². The lowest BCUT2D eigenvalue weighted by Gasteiger charge is -2.28. The van der Waals surface area contributed by atoms with Crippen molar-refractivity contribution in [3.8, 4) is 5.75 Å². The Morgan fingerprint density at radius 1 is 1.07 bits per heavy atom. The Hall–Kier alpha value is -2.26. The van der Waals surface area contributed by atoms with Gasteiger partial charge in [0.15, 0.2) is 5.11 Å². The van der Waals surface area contributed by atoms with Gasteiger partial charge in [-0.2, -0.15) is 0 Å². The van der Waals surface area contributed by atoms with Gasteiger partial charge in [0.1, 0.15) is 11.9 Å². The van der Waals surface area contributed by atoms with Crippen LogP contribution < -0.4 is 25.8 Å². The van der Waals surface area contributed by atoms with E-state index in [2.05, 4.69) is 16.0 Å². The molecule has 2 aromatic rings. The summed E-state index contributed by atoms with van der Waals surface area (Å²) in [6, 6.07) is 12.2. The number of carbonyl (C=O) groups is 2. The number of halogens is 3. The number of thiocarbonyl (C=S) groups is 1. The standard InChI is InChI=1S/C18H16Cl3N3O4S/c1-28-13-7-3-4-10(9-13)14(25)23-16(18(19,20)21)24-17(29)22-12-6-2-5-11(8-12)15(26)27/h2-9,16H,1H3,(H,23,25)(H,26,27)(H2,22,24,29)/p-1. The lowest BCUT2D eigenvalue weighted by Crippen LogP contribution is -2.56. The second-order valence-corrected chi connectivity index (χ2v) is 8.42. The van der Waals surface area contributed by atoms with Crippen LogP contribution in [-0.4, -0.2) is 34.1 Å². The zero-order valence-corrected chi connectivity index (χ0v) is 18.0. The molecule has 1 unspecified atom stereocenters. The van der Waals surface area contributed by atoms with E-state index >= 15 is 0 Å². The van der Waals surface area contributed by atoms with Gasteiger partial charge in [-0.1, -0.05) is 53.0 Å². The maximum atomic E-state index is 12.5. The van der Waals surface area contributed by atoms with Gasteiger partial charge >= 0.3 is 0 Å². The molecule has 0 heterocycles. The van der Waals surface area contributed by atoms with Crippen LogP contribution in [0.2, 0.25) is 0 Å². The first-order valence-electron chi connectivity index (χ1n) is 8.00. The fourth-order valence-electron chi connectivity index (χ4n) is 2.20. The Bertz CT molecular complexity index is 921. The fourth-order valence-corrected chi connectivity index (χ4v) is 2.76. The predicted molar refractivity (Wildman–Crippen MR) is 115 cm³/mol. The molecule has 1 amide bonds. The molecule has 0 fully saturated rings. The van der Waals surface area contributed by atoms with Gasteiger partial charge in [0.25, 0.3) is 5.91 Å². The molecule has 11 heteroatoms. The number of aromatic carboxylic acids is 1. The summed E-state index contributed by atoms with van der Waals surface area (Å²) in [5.74, 6) is -1.38. The van der Waals surface area contributed by atoms with Crippen LogP contribution in [0, 0.1) is 0 Å². The minimum atomic E-state index is -1.95. The third-order valence-corrected chi connectivity index (χ3v) is 4.44. The van der Waals surface area contributed by atoms with Gasteiger partial charge in [0.05, 0.1) is 13.1 Å². The summed E-state index contributed by atoms with van der Waals surface area (Å²) >= 11 is 23.0. The van der Waals surface area contributed by atoms with Crippen LogP contribution in [0.1, 0.15) is 20.7 Å². The maximum absolute atomic E-state index is 12.5. The first kappa shape index (κ1) is 23.0. The minimum Gasteiger partial charge on any atom is -0.545 e. The lowest BCUT2D eigenvalue weighted by atomic mass is 10.2. The summed E-state index contributed by atoms with van der Waals surface area (Å²) in [5.41, 5.74) is 0.611. The number of hydrogen-bond donors (Lipinski definition) is 3. The van der Waals surface area contributed by atoms with E-state index in [4.69, 9.17) is 51.8 Å². The van der Waals surface area contributed by atoms with Gasteiger partial charge in [0.2, 0.25) is 3.79 Å². The SMILES string of the molecule is COc1cccc(C(=O)NC(NC(=S)Nc2cccc(C(=O)[O-])c2)C(Cl)(Cl)Cl)c1. The molecule has 2 aromatic carbocycles. The zero-order valence-electron chi connectivity index (χ0n) is 14.9. The molecule has 0 aromatic heterocycles. The van der Waals surface area contributed by atoms with Crippen molar-refractivity contribution in [2.24, 2.45) is 0 Å². The highest BCUT2D eigenvalue weighted by Gasteiger charge is 2.35. The molecular formula is C18H15Cl3N3O4S-. The Labute approximate surface area is 187 Å². The molecule has 0 saturated heterocycles. The average molecular weight is 476 g/mol. The summed E-state index contributed by atoms with van der Waals surface area (Å²) in [7, 11) is 1.47. The quantitative estimate of drug-likeness (QED) is 0.335. The van der Waals surface area contributed by atoms with Crippen molar-refractivity contribution < 1.29 is 19.4 Å². The van der Waals surface area contributed by atoms with E-state index in [9.17, 15) is 14.7 Å². The van der Waals surface area contributed by atoms with E-state index in [1.807, 2.05) is 0 Å². The molecule has 0 spiro atoms. The second-order valence-electron chi connectivity index (χ2n) is 5.65. The molecule has 2 rings (SSSR count). The van der Waals surface area contributed by atoms with Crippen molar-refractivity contribution in [2.75, 3.05) is 12.4 Å². The summed E-state index contributed by atoms with van der Waals surface area (Å²) in [6.07, 6.45) is -1.20. The largest absolute Gasteiger partial charge is 0.545 e. The highest BCUT2D eigenvalue weighted by atomic mass is 35.6. The number of hydrogen-bond acceptors (Lipinski definition) is 5. The van der Waals surface area contributed by atoms with E-state index in [-0.39, 0.29) is 16.2 Å². The molecule has 0 saturated carbocycles. The van der Waals surface area contributed by atoms with Gasteiger partial charge in [0, 0.05) is 11.3 Å². The molecule has 3 N–H and O–H groups in total. The summed E-state index contributed by atoms with van der Waals surface area (Å²) < 4.78 is 3.13. The molecule has 29 heavy (non-hydrogen) atoms. The van der Waals surface area contributed by atoms with Crippen molar-refractivity contribution in [1.82, 2.24) is 10.6 Å². The van der Waals surface area contributed by atoms with Crippen LogP contribution in [0.3, 0.4) is 0 Å². The van der Waals surface area contributed by atoms with E-state index in [0.717, 1.165) is 0 Å². The highest BCUT2D eigenvalue weighted by Crippen LogP contribution is 2.29. The third kappa shape index (κ3) is 6.93. The molecule has 154 valence electrons. The van der Waals surface area contributed by atoms with E-state index in [1.54, 1.807) is 24.3 Å². The first-order valence-corrected chi connectivity index (χ1v) is 9.55. The Morgan fingerprint density at radius 3 is 2.34 bits per heavy atom. The number of alkyl halides is 3. The third-order valence-electron chi connectivity index (χ3n) is 3.57. The van der Waals surface area contributed by atoms with Crippen molar-refractivity contribution in [1.29, 1.82) is 0 Å². The number of amides is 1. The number of anilines is 1. The highest BCUT2D eigenvalue weighted by molar-refractivity contribution is 7.80. The molecule has 1 atom stereocenters. The Kier molecular flexibility index (Phi) is 7.92. The lowest BCUT2D eigenvalue weighted by molar-refractivity contribution is -0.255. The number of rotatable bonds is 6. The second kappa shape index (κ2) is 9.98. The maximum Gasteiger partial charge on any atom is 0.253 e. The zero-order chi connectivity index (χ0) is 21.6. The molecule has 0 radical (unpaired) electrons. The number of methoxy groups -OCH3 is 1. The van der Waals surface area contributed by atoms with Crippen LogP contribution in [0.5, 0.6) is 5.75 Å². The fraction of sp³-hybridized carbons (Fsp3) is 0.167. The van der Waals surface area contributed by atoms with Crippen LogP contribution in [0.15, 0.2) is 48.5 Å². The van der Waals surface area contributed by atoms with Gasteiger partial charge in [-0.25, -0.2) is 0 Å². The first-order chi connectivity index (χ1) is 13.6. The molecule has 7 nitrogen and oxygen atoms in total. The van der Waals surface area contributed by atoms with Gasteiger partial charge in [-0.05, 0) is 48.1 Å². The number of carboxylic acid groups (broad SMARTS) is 1. The van der Waals surface area contributed by atoms with Crippen molar-refractivity contribution >= 4 is 69.7 Å². The number of carboxylic acids is 1. The molecule has 0 aliphatic heterocycles. The van der Waals surface area contributed by atoms with Crippen LogP contribution >= 0.6 is 47.0 Å². The predicted octanol–water partition coefficient (Wildman–Crippen LogP) is 2.47. The van der Waals surface area contributed by atoms with Gasteiger partial charge in [-0.3, -0.25) is 4.79 Å². The summed E-state index contributed by atoms with van der Waals surface area (Å²) in [5, 5.41) is 18.9. The number of benzene rings is 2. The van der Waals surface area contributed by atoms with E-state index in [1.165, 1.54) is 31.4 Å². The van der Waals surface area contributed by atoms with E-state index in [0.29, 0.717) is 11.4 Å². The van der Waals surface area contributed by atoms with Gasteiger partial charge in [-0.15, -0.1) is 0 Å². The van der Waals surface area contributed by atoms with Crippen LogP contribution in [0.4, 0.5) is 5.69 Å². The van der Waals surface area contributed by atoms with Crippen molar-refractivity contribution in [2.45, 2.75) is 9.96 Å². The molecule has 0 bridgehead atoms. The number of nitrogens with one attached hydrogen (secondary N) is 3. The van der Waals surface area contributed by atoms with Crippen LogP contribution in [0.25, 0.3) is 0 Å². The van der Waals surface area contributed by atoms with Gasteiger partial charge < -0.3 is 30.6 Å². The monoisotopic (exact) mass is 474 g/mol. The number of carbonyl (C=O) groups excluding carboxylic acids is 2. The number of ether oxygens (including phenoxy) is 1.